The SMILES string of the molecule is C1=CC([Si](c2ccccc2)(c2ccccc2)c2cccc3c2oc2ccc(-c4cc5ccccc5c5ccccc45)cc23)=CCC1. The van der Waals surface area contributed by atoms with Gasteiger partial charge in [0.25, 0.3) is 0 Å². The fourth-order valence-electron chi connectivity index (χ4n) is 7.79. The Morgan fingerprint density at radius 1 is 0.500 bits per heavy atom. The van der Waals surface area contributed by atoms with Crippen molar-refractivity contribution in [2.45, 2.75) is 12.8 Å². The van der Waals surface area contributed by atoms with Gasteiger partial charge < -0.3 is 4.42 Å². The van der Waals surface area contributed by atoms with E-state index in [2.05, 4.69) is 170 Å². The van der Waals surface area contributed by atoms with Crippen LogP contribution in [0.15, 0.2) is 180 Å². The summed E-state index contributed by atoms with van der Waals surface area (Å²) in [4.78, 5) is 0. The lowest BCUT2D eigenvalue weighted by Gasteiger charge is -2.36. The van der Waals surface area contributed by atoms with Gasteiger partial charge in [-0.25, -0.2) is 0 Å². The van der Waals surface area contributed by atoms with Crippen molar-refractivity contribution in [3.05, 3.63) is 175 Å². The van der Waals surface area contributed by atoms with Gasteiger partial charge in [0.1, 0.15) is 11.2 Å². The van der Waals surface area contributed by atoms with E-state index < -0.39 is 8.07 Å². The van der Waals surface area contributed by atoms with E-state index in [9.17, 15) is 0 Å². The molecule has 1 aromatic heterocycles. The van der Waals surface area contributed by atoms with Crippen molar-refractivity contribution in [2.75, 3.05) is 0 Å². The zero-order valence-corrected chi connectivity index (χ0v) is 26.5. The Kier molecular flexibility index (Phi) is 6.36. The lowest BCUT2D eigenvalue weighted by Crippen LogP contribution is -2.68. The summed E-state index contributed by atoms with van der Waals surface area (Å²) < 4.78 is 6.96. The molecule has 0 unspecified atom stereocenters. The zero-order valence-electron chi connectivity index (χ0n) is 25.5. The minimum Gasteiger partial charge on any atom is -0.456 e. The molecule has 1 aliphatic carbocycles. The second kappa shape index (κ2) is 10.9. The van der Waals surface area contributed by atoms with E-state index in [1.54, 1.807) is 0 Å². The average molecular weight is 605 g/mol. The summed E-state index contributed by atoms with van der Waals surface area (Å²) in [5, 5.41) is 12.9. The van der Waals surface area contributed by atoms with Crippen LogP contribution in [0.2, 0.25) is 0 Å². The molecule has 2 heteroatoms. The molecule has 9 rings (SSSR count). The van der Waals surface area contributed by atoms with Gasteiger partial charge in [0.05, 0.1) is 0 Å². The molecule has 0 amide bonds. The number of furan rings is 1. The Morgan fingerprint density at radius 2 is 1.17 bits per heavy atom. The van der Waals surface area contributed by atoms with E-state index in [1.165, 1.54) is 58.8 Å². The summed E-state index contributed by atoms with van der Waals surface area (Å²) in [6.45, 7) is 0. The van der Waals surface area contributed by atoms with Crippen LogP contribution in [-0.2, 0) is 0 Å². The third kappa shape index (κ3) is 4.07. The first-order valence-electron chi connectivity index (χ1n) is 16.2. The van der Waals surface area contributed by atoms with Crippen molar-refractivity contribution in [3.8, 4) is 11.1 Å². The van der Waals surface area contributed by atoms with E-state index >= 15 is 0 Å². The van der Waals surface area contributed by atoms with E-state index in [1.807, 2.05) is 0 Å². The highest BCUT2D eigenvalue weighted by atomic mass is 28.3. The summed E-state index contributed by atoms with van der Waals surface area (Å²) >= 11 is 0. The van der Waals surface area contributed by atoms with Crippen LogP contribution in [0.25, 0.3) is 54.6 Å². The van der Waals surface area contributed by atoms with Gasteiger partial charge in [-0.05, 0) is 84.5 Å². The molecular weight excluding hydrogens is 573 g/mol. The molecule has 46 heavy (non-hydrogen) atoms. The molecule has 0 saturated carbocycles. The quantitative estimate of drug-likeness (QED) is 0.108. The average Bonchev–Trinajstić information content (AvgIpc) is 3.52. The Hall–Kier alpha value is -5.44. The first-order valence-corrected chi connectivity index (χ1v) is 18.2. The van der Waals surface area contributed by atoms with Gasteiger partial charge in [0.2, 0.25) is 0 Å². The molecule has 1 aliphatic rings. The lowest BCUT2D eigenvalue weighted by molar-refractivity contribution is 0.671. The van der Waals surface area contributed by atoms with Crippen LogP contribution >= 0.6 is 0 Å². The second-order valence-corrected chi connectivity index (χ2v) is 16.1. The van der Waals surface area contributed by atoms with Gasteiger partial charge in [-0.15, -0.1) is 0 Å². The molecule has 0 bridgehead atoms. The normalized spacial score (nSPS) is 13.5. The summed E-state index contributed by atoms with van der Waals surface area (Å²) in [6, 6.07) is 55.7. The van der Waals surface area contributed by atoms with Crippen LogP contribution in [0.4, 0.5) is 0 Å². The second-order valence-electron chi connectivity index (χ2n) is 12.3. The maximum atomic E-state index is 6.96. The molecule has 0 aliphatic heterocycles. The minimum atomic E-state index is -2.71. The topological polar surface area (TPSA) is 13.1 Å². The van der Waals surface area contributed by atoms with Crippen LogP contribution in [0, 0.1) is 0 Å². The maximum Gasteiger partial charge on any atom is 0.183 e. The number of allylic oxidation sites excluding steroid dienone is 4. The third-order valence-electron chi connectivity index (χ3n) is 9.82. The Balaban J connectivity index is 1.34. The number of benzene rings is 7. The standard InChI is InChI=1S/C44H32OSi/c1-4-16-33(17-5-1)46(34-18-6-2-7-19-34,35-20-8-3-9-21-35)43-26-14-25-39-41-30-32(27-28-42(41)45-44(39)43)40-29-31-15-10-11-22-36(31)37-23-12-13-24-38(37)40/h1-2,4-8,10-30H,3,9H2. The molecule has 7 aromatic carbocycles. The molecule has 8 aromatic rings. The molecule has 0 saturated heterocycles. The molecule has 1 nitrogen and oxygen atoms in total. The van der Waals surface area contributed by atoms with Crippen molar-refractivity contribution in [1.82, 2.24) is 0 Å². The largest absolute Gasteiger partial charge is 0.456 e. The first kappa shape index (κ1) is 26.9. The van der Waals surface area contributed by atoms with Crippen molar-refractivity contribution >= 4 is 67.1 Å². The number of fused-ring (bicyclic) bond motifs is 6. The highest BCUT2D eigenvalue weighted by molar-refractivity contribution is 7.17. The lowest BCUT2D eigenvalue weighted by atomic mass is 9.93. The zero-order chi connectivity index (χ0) is 30.5. The van der Waals surface area contributed by atoms with Crippen molar-refractivity contribution in [1.29, 1.82) is 0 Å². The van der Waals surface area contributed by atoms with Gasteiger partial charge in [0, 0.05) is 10.8 Å². The fourth-order valence-corrected chi connectivity index (χ4v) is 12.8. The van der Waals surface area contributed by atoms with Gasteiger partial charge >= 0.3 is 0 Å². The molecule has 1 heterocycles. The Labute approximate surface area is 269 Å². The minimum absolute atomic E-state index is 0.925. The molecule has 218 valence electrons. The number of rotatable bonds is 5. The summed E-state index contributed by atoms with van der Waals surface area (Å²) in [6.07, 6.45) is 9.36. The van der Waals surface area contributed by atoms with Crippen molar-refractivity contribution < 1.29 is 4.42 Å². The first-order chi connectivity index (χ1) is 22.8. The number of hydrogen-bond acceptors (Lipinski definition) is 1. The number of hydrogen-bond donors (Lipinski definition) is 0. The van der Waals surface area contributed by atoms with E-state index in [0.717, 1.165) is 29.4 Å². The van der Waals surface area contributed by atoms with Crippen LogP contribution in [0.5, 0.6) is 0 Å². The van der Waals surface area contributed by atoms with Crippen LogP contribution in [-0.4, -0.2) is 8.07 Å². The third-order valence-corrected chi connectivity index (χ3v) is 14.7. The van der Waals surface area contributed by atoms with E-state index in [4.69, 9.17) is 4.42 Å². The van der Waals surface area contributed by atoms with Crippen LogP contribution in [0.1, 0.15) is 12.8 Å². The highest BCUT2D eigenvalue weighted by Gasteiger charge is 2.44. The molecule has 0 spiro atoms. The highest BCUT2D eigenvalue weighted by Crippen LogP contribution is 2.38. The molecular formula is C44H32OSi. The molecule has 0 radical (unpaired) electrons. The molecule has 0 atom stereocenters. The monoisotopic (exact) mass is 604 g/mol. The summed E-state index contributed by atoms with van der Waals surface area (Å²) in [5.41, 5.74) is 4.37. The smallest absolute Gasteiger partial charge is 0.183 e. The molecule has 0 fully saturated rings. The fraction of sp³-hybridized carbons (Fsp3) is 0.0455. The van der Waals surface area contributed by atoms with E-state index in [-0.39, 0.29) is 0 Å². The van der Waals surface area contributed by atoms with Gasteiger partial charge in [0.15, 0.2) is 8.07 Å². The summed E-state index contributed by atoms with van der Waals surface area (Å²) in [7, 11) is -2.71. The summed E-state index contributed by atoms with van der Waals surface area (Å²) in [5.74, 6) is 0. The molecule has 0 N–H and O–H groups in total. The van der Waals surface area contributed by atoms with Gasteiger partial charge in [-0.3, -0.25) is 0 Å². The maximum absolute atomic E-state index is 6.96. The van der Waals surface area contributed by atoms with Crippen LogP contribution in [0.3, 0.4) is 0 Å². The predicted molar refractivity (Wildman–Crippen MR) is 198 cm³/mol. The van der Waals surface area contributed by atoms with Crippen molar-refractivity contribution in [3.63, 3.8) is 0 Å². The van der Waals surface area contributed by atoms with Crippen LogP contribution < -0.4 is 15.6 Å². The number of para-hydroxylation sites is 1. The van der Waals surface area contributed by atoms with Crippen molar-refractivity contribution in [2.24, 2.45) is 0 Å². The van der Waals surface area contributed by atoms with E-state index in [0.29, 0.717) is 0 Å². The Bertz CT molecular complexity index is 2430. The van der Waals surface area contributed by atoms with Gasteiger partial charge in [-0.1, -0.05) is 152 Å². The van der Waals surface area contributed by atoms with Gasteiger partial charge in [-0.2, -0.15) is 0 Å². The Morgan fingerprint density at radius 3 is 1.91 bits per heavy atom. The predicted octanol–water partition coefficient (Wildman–Crippen LogP) is 9.85.